The van der Waals surface area contributed by atoms with Gasteiger partial charge < -0.3 is 20.7 Å². The zero-order valence-electron chi connectivity index (χ0n) is 16.2. The van der Waals surface area contributed by atoms with Gasteiger partial charge in [0.15, 0.2) is 0 Å². The second kappa shape index (κ2) is 9.26. The Balaban J connectivity index is 1.47. The van der Waals surface area contributed by atoms with Crippen LogP contribution in [-0.4, -0.2) is 36.9 Å². The number of rotatable bonds is 6. The van der Waals surface area contributed by atoms with Crippen LogP contribution in [-0.2, 0) is 16.0 Å². The molecular formula is C22H27N3O3. The van der Waals surface area contributed by atoms with Crippen molar-refractivity contribution >= 4 is 23.2 Å². The molecule has 0 atom stereocenters. The standard InChI is InChI=1S/C22H27N3O3/c1-28-20-9-5-4-8-19(20)24-22(27)17-12-14-25(15-13-17)21(26)11-10-16-6-2-3-7-18(16)23/h2-9,17H,10-15,23H2,1H3,(H,24,27). The fraction of sp³-hybridized carbons (Fsp3) is 0.364. The highest BCUT2D eigenvalue weighted by molar-refractivity contribution is 5.94. The number of carbonyl (C=O) groups excluding carboxylic acids is 2. The van der Waals surface area contributed by atoms with Gasteiger partial charge >= 0.3 is 0 Å². The number of methoxy groups -OCH3 is 1. The smallest absolute Gasteiger partial charge is 0.227 e. The number of hydrogen-bond acceptors (Lipinski definition) is 4. The minimum absolute atomic E-state index is 0.0198. The number of nitrogens with one attached hydrogen (secondary N) is 1. The number of carbonyl (C=O) groups is 2. The maximum Gasteiger partial charge on any atom is 0.227 e. The minimum Gasteiger partial charge on any atom is -0.495 e. The molecule has 1 aliphatic rings. The summed E-state index contributed by atoms with van der Waals surface area (Å²) in [5.74, 6) is 0.642. The predicted octanol–water partition coefficient (Wildman–Crippen LogP) is 3.09. The fourth-order valence-corrected chi connectivity index (χ4v) is 3.54. The third-order valence-corrected chi connectivity index (χ3v) is 5.25. The molecule has 0 spiro atoms. The molecule has 1 heterocycles. The first-order chi connectivity index (χ1) is 13.6. The van der Waals surface area contributed by atoms with E-state index in [0.717, 1.165) is 11.3 Å². The van der Waals surface area contributed by atoms with Crippen molar-refractivity contribution in [2.45, 2.75) is 25.7 Å². The molecule has 3 rings (SSSR count). The van der Waals surface area contributed by atoms with E-state index in [2.05, 4.69) is 5.32 Å². The monoisotopic (exact) mass is 381 g/mol. The van der Waals surface area contributed by atoms with E-state index in [9.17, 15) is 9.59 Å². The lowest BCUT2D eigenvalue weighted by Gasteiger charge is -2.31. The summed E-state index contributed by atoms with van der Waals surface area (Å²) in [6.45, 7) is 1.21. The molecular weight excluding hydrogens is 354 g/mol. The van der Waals surface area contributed by atoms with E-state index in [0.29, 0.717) is 50.2 Å². The Morgan fingerprint density at radius 3 is 2.50 bits per heavy atom. The second-order valence-corrected chi connectivity index (χ2v) is 7.04. The quantitative estimate of drug-likeness (QED) is 0.753. The van der Waals surface area contributed by atoms with Gasteiger partial charge in [0, 0.05) is 31.1 Å². The van der Waals surface area contributed by atoms with Crippen LogP contribution in [0.5, 0.6) is 5.75 Å². The molecule has 6 heteroatoms. The summed E-state index contributed by atoms with van der Waals surface area (Å²) >= 11 is 0. The number of aryl methyl sites for hydroxylation is 1. The maximum atomic E-state index is 12.6. The Bertz CT molecular complexity index is 829. The zero-order valence-corrected chi connectivity index (χ0v) is 16.2. The maximum absolute atomic E-state index is 12.6. The van der Waals surface area contributed by atoms with Crippen LogP contribution in [0.2, 0.25) is 0 Å². The van der Waals surface area contributed by atoms with Crippen LogP contribution < -0.4 is 15.8 Å². The SMILES string of the molecule is COc1ccccc1NC(=O)C1CCN(C(=O)CCc2ccccc2N)CC1. The molecule has 6 nitrogen and oxygen atoms in total. The average molecular weight is 381 g/mol. The van der Waals surface area contributed by atoms with Crippen LogP contribution in [0.3, 0.4) is 0 Å². The number of benzene rings is 2. The number of nitrogens with zero attached hydrogens (tertiary/aromatic N) is 1. The number of hydrogen-bond donors (Lipinski definition) is 2. The van der Waals surface area contributed by atoms with Gasteiger partial charge in [-0.1, -0.05) is 30.3 Å². The number of anilines is 2. The normalized spacial score (nSPS) is 14.5. The molecule has 0 aromatic heterocycles. The van der Waals surface area contributed by atoms with Gasteiger partial charge in [-0.3, -0.25) is 9.59 Å². The predicted molar refractivity (Wildman–Crippen MR) is 110 cm³/mol. The van der Waals surface area contributed by atoms with Gasteiger partial charge in [-0.25, -0.2) is 0 Å². The highest BCUT2D eigenvalue weighted by Crippen LogP contribution is 2.26. The van der Waals surface area contributed by atoms with E-state index >= 15 is 0 Å². The highest BCUT2D eigenvalue weighted by atomic mass is 16.5. The van der Waals surface area contributed by atoms with Crippen molar-refractivity contribution in [1.29, 1.82) is 0 Å². The molecule has 2 aromatic carbocycles. The molecule has 1 fully saturated rings. The molecule has 1 saturated heterocycles. The summed E-state index contributed by atoms with van der Waals surface area (Å²) in [6, 6.07) is 15.0. The molecule has 0 unspecified atom stereocenters. The van der Waals surface area contributed by atoms with E-state index in [4.69, 9.17) is 10.5 Å². The van der Waals surface area contributed by atoms with Crippen LogP contribution in [0, 0.1) is 5.92 Å². The van der Waals surface area contributed by atoms with Gasteiger partial charge in [0.2, 0.25) is 11.8 Å². The number of nitrogen functional groups attached to an aromatic ring is 1. The average Bonchev–Trinajstić information content (AvgIpc) is 2.73. The topological polar surface area (TPSA) is 84.7 Å². The molecule has 0 saturated carbocycles. The Kier molecular flexibility index (Phi) is 6.53. The van der Waals surface area contributed by atoms with Crippen LogP contribution in [0.4, 0.5) is 11.4 Å². The van der Waals surface area contributed by atoms with E-state index in [-0.39, 0.29) is 17.7 Å². The molecule has 2 aromatic rings. The first-order valence-corrected chi connectivity index (χ1v) is 9.63. The van der Waals surface area contributed by atoms with Gasteiger partial charge in [-0.15, -0.1) is 0 Å². The van der Waals surface area contributed by atoms with Crippen LogP contribution in [0.25, 0.3) is 0 Å². The second-order valence-electron chi connectivity index (χ2n) is 7.04. The Labute approximate surface area is 165 Å². The minimum atomic E-state index is -0.0984. The Morgan fingerprint density at radius 2 is 1.79 bits per heavy atom. The fourth-order valence-electron chi connectivity index (χ4n) is 3.54. The number of para-hydroxylation sites is 3. The van der Waals surface area contributed by atoms with E-state index in [1.165, 1.54) is 0 Å². The van der Waals surface area contributed by atoms with Crippen molar-refractivity contribution in [2.24, 2.45) is 5.92 Å². The molecule has 28 heavy (non-hydrogen) atoms. The van der Waals surface area contributed by atoms with Crippen molar-refractivity contribution in [1.82, 2.24) is 4.90 Å². The summed E-state index contributed by atoms with van der Waals surface area (Å²) in [5, 5.41) is 2.95. The molecule has 0 aliphatic carbocycles. The summed E-state index contributed by atoms with van der Waals surface area (Å²) in [5.41, 5.74) is 8.34. The number of piperidine rings is 1. The van der Waals surface area contributed by atoms with Crippen molar-refractivity contribution in [3.63, 3.8) is 0 Å². The van der Waals surface area contributed by atoms with Gasteiger partial charge in [-0.05, 0) is 43.0 Å². The van der Waals surface area contributed by atoms with Crippen LogP contribution in [0.15, 0.2) is 48.5 Å². The first-order valence-electron chi connectivity index (χ1n) is 9.63. The number of ether oxygens (including phenoxy) is 1. The van der Waals surface area contributed by atoms with Gasteiger partial charge in [-0.2, -0.15) is 0 Å². The van der Waals surface area contributed by atoms with E-state index in [1.54, 1.807) is 7.11 Å². The van der Waals surface area contributed by atoms with Crippen molar-refractivity contribution < 1.29 is 14.3 Å². The number of nitrogens with two attached hydrogens (primary N) is 1. The first kappa shape index (κ1) is 19.7. The van der Waals surface area contributed by atoms with Crippen LogP contribution >= 0.6 is 0 Å². The molecule has 3 N–H and O–H groups in total. The van der Waals surface area contributed by atoms with Crippen molar-refractivity contribution in [3.05, 3.63) is 54.1 Å². The third kappa shape index (κ3) is 4.82. The third-order valence-electron chi connectivity index (χ3n) is 5.25. The van der Waals surface area contributed by atoms with E-state index in [1.807, 2.05) is 53.4 Å². The molecule has 1 aliphatic heterocycles. The van der Waals surface area contributed by atoms with Gasteiger partial charge in [0.25, 0.3) is 0 Å². The lowest BCUT2D eigenvalue weighted by molar-refractivity contribution is -0.134. The summed E-state index contributed by atoms with van der Waals surface area (Å²) in [6.07, 6.45) is 2.41. The van der Waals surface area contributed by atoms with Gasteiger partial charge in [0.1, 0.15) is 5.75 Å². The Morgan fingerprint density at radius 1 is 1.11 bits per heavy atom. The van der Waals surface area contributed by atoms with Crippen LogP contribution in [0.1, 0.15) is 24.8 Å². The van der Waals surface area contributed by atoms with Crippen molar-refractivity contribution in [2.75, 3.05) is 31.2 Å². The molecule has 0 radical (unpaired) electrons. The zero-order chi connectivity index (χ0) is 19.9. The molecule has 0 bridgehead atoms. The number of amides is 2. The number of likely N-dealkylation sites (tertiary alicyclic amines) is 1. The summed E-state index contributed by atoms with van der Waals surface area (Å²) < 4.78 is 5.28. The molecule has 2 amide bonds. The molecule has 148 valence electrons. The summed E-state index contributed by atoms with van der Waals surface area (Å²) in [4.78, 5) is 26.9. The highest BCUT2D eigenvalue weighted by Gasteiger charge is 2.27. The lowest BCUT2D eigenvalue weighted by Crippen LogP contribution is -2.41. The largest absolute Gasteiger partial charge is 0.495 e. The van der Waals surface area contributed by atoms with Gasteiger partial charge in [0.05, 0.1) is 12.8 Å². The van der Waals surface area contributed by atoms with Crippen molar-refractivity contribution in [3.8, 4) is 5.75 Å². The van der Waals surface area contributed by atoms with E-state index < -0.39 is 0 Å². The Hall–Kier alpha value is -3.02. The lowest BCUT2D eigenvalue weighted by atomic mass is 9.95. The summed E-state index contributed by atoms with van der Waals surface area (Å²) in [7, 11) is 1.58.